The number of rotatable bonds is 7. The van der Waals surface area contributed by atoms with Gasteiger partial charge in [-0.1, -0.05) is 59.9 Å². The van der Waals surface area contributed by atoms with Crippen molar-refractivity contribution < 1.29 is 19.3 Å². The van der Waals surface area contributed by atoms with E-state index in [0.29, 0.717) is 15.6 Å². The molecule has 2 N–H and O–H groups in total. The molecular weight excluding hydrogens is 464 g/mol. The summed E-state index contributed by atoms with van der Waals surface area (Å²) in [6.45, 7) is 2.25. The maximum absolute atomic E-state index is 12.7. The molecule has 9 nitrogen and oxygen atoms in total. The van der Waals surface area contributed by atoms with Gasteiger partial charge in [0.2, 0.25) is 5.91 Å². The van der Waals surface area contributed by atoms with Gasteiger partial charge in [-0.3, -0.25) is 40.2 Å². The molecule has 1 saturated heterocycles. The summed E-state index contributed by atoms with van der Waals surface area (Å²) >= 11 is 6.52. The average Bonchev–Trinajstić information content (AvgIpc) is 3.06. The van der Waals surface area contributed by atoms with Gasteiger partial charge in [0, 0.05) is 30.7 Å². The van der Waals surface area contributed by atoms with Crippen molar-refractivity contribution >= 4 is 57.8 Å². The molecule has 170 valence electrons. The van der Waals surface area contributed by atoms with Gasteiger partial charge in [0.25, 0.3) is 17.5 Å². The van der Waals surface area contributed by atoms with Crippen LogP contribution < -0.4 is 10.9 Å². The zero-order valence-electron chi connectivity index (χ0n) is 17.6. The Labute approximate surface area is 199 Å². The second kappa shape index (κ2) is 10.8. The van der Waals surface area contributed by atoms with Crippen molar-refractivity contribution in [2.75, 3.05) is 6.54 Å². The fourth-order valence-corrected chi connectivity index (χ4v) is 4.23. The van der Waals surface area contributed by atoms with Gasteiger partial charge in [-0.25, -0.2) is 0 Å². The largest absolute Gasteiger partial charge is 0.293 e. The smallest absolute Gasteiger partial charge is 0.270 e. The van der Waals surface area contributed by atoms with Crippen molar-refractivity contribution in [2.45, 2.75) is 19.8 Å². The van der Waals surface area contributed by atoms with E-state index in [1.165, 1.54) is 34.9 Å². The van der Waals surface area contributed by atoms with E-state index in [9.17, 15) is 24.5 Å². The molecule has 1 heterocycles. The molecule has 0 aliphatic carbocycles. The number of carbonyl (C=O) groups excluding carboxylic acids is 3. The van der Waals surface area contributed by atoms with Crippen molar-refractivity contribution in [3.63, 3.8) is 0 Å². The summed E-state index contributed by atoms with van der Waals surface area (Å²) in [5, 5.41) is 10.8. The molecule has 0 radical (unpaired) electrons. The second-order valence-electron chi connectivity index (χ2n) is 7.16. The molecule has 0 spiro atoms. The van der Waals surface area contributed by atoms with Crippen LogP contribution in [-0.2, 0) is 9.59 Å². The lowest BCUT2D eigenvalue weighted by atomic mass is 10.1. The molecule has 0 saturated carbocycles. The second-order valence-corrected chi connectivity index (χ2v) is 8.83. The van der Waals surface area contributed by atoms with Crippen LogP contribution in [-0.4, -0.2) is 38.4 Å². The maximum Gasteiger partial charge on any atom is 0.270 e. The fraction of sp³-hybridized carbons (Fsp3) is 0.182. The third-order valence-electron chi connectivity index (χ3n) is 4.67. The molecule has 0 bridgehead atoms. The number of aryl methyl sites for hydroxylation is 1. The molecule has 0 unspecified atom stereocenters. The molecule has 3 rings (SSSR count). The minimum Gasteiger partial charge on any atom is -0.293 e. The Morgan fingerprint density at radius 3 is 2.61 bits per heavy atom. The maximum atomic E-state index is 12.7. The molecule has 1 aliphatic heterocycles. The predicted octanol–water partition coefficient (Wildman–Crippen LogP) is 3.35. The Balaban J connectivity index is 1.46. The first-order chi connectivity index (χ1) is 15.7. The van der Waals surface area contributed by atoms with Crippen LogP contribution in [0, 0.1) is 17.0 Å². The highest BCUT2D eigenvalue weighted by atomic mass is 32.2. The van der Waals surface area contributed by atoms with E-state index in [4.69, 9.17) is 12.2 Å². The molecule has 3 amide bonds. The number of carbonyl (C=O) groups is 3. The van der Waals surface area contributed by atoms with Crippen molar-refractivity contribution in [3.8, 4) is 0 Å². The number of benzene rings is 2. The first kappa shape index (κ1) is 24.1. The Morgan fingerprint density at radius 2 is 1.91 bits per heavy atom. The molecule has 33 heavy (non-hydrogen) atoms. The first-order valence-corrected chi connectivity index (χ1v) is 11.1. The first-order valence-electron chi connectivity index (χ1n) is 9.90. The van der Waals surface area contributed by atoms with E-state index in [1.807, 2.05) is 31.2 Å². The zero-order valence-corrected chi connectivity index (χ0v) is 19.2. The Morgan fingerprint density at radius 1 is 1.18 bits per heavy atom. The third-order valence-corrected chi connectivity index (χ3v) is 6.05. The molecule has 0 aromatic heterocycles. The van der Waals surface area contributed by atoms with Crippen LogP contribution in [0.4, 0.5) is 5.69 Å². The molecule has 1 fully saturated rings. The van der Waals surface area contributed by atoms with E-state index < -0.39 is 16.7 Å². The van der Waals surface area contributed by atoms with E-state index in [2.05, 4.69) is 10.9 Å². The lowest BCUT2D eigenvalue weighted by Crippen LogP contribution is -2.41. The number of thioether (sulfide) groups is 1. The summed E-state index contributed by atoms with van der Waals surface area (Å²) in [6.07, 6.45) is 2.17. The van der Waals surface area contributed by atoms with Crippen molar-refractivity contribution in [1.82, 2.24) is 15.8 Å². The van der Waals surface area contributed by atoms with Crippen LogP contribution in [0.3, 0.4) is 0 Å². The topological polar surface area (TPSA) is 122 Å². The Bertz CT molecular complexity index is 1150. The summed E-state index contributed by atoms with van der Waals surface area (Å²) in [5.74, 6) is -1.34. The van der Waals surface area contributed by atoms with Gasteiger partial charge in [-0.15, -0.1) is 0 Å². The normalized spacial score (nSPS) is 14.5. The number of nitro groups is 1. The number of hydrogen-bond acceptors (Lipinski definition) is 7. The minimum absolute atomic E-state index is 0.0439. The Kier molecular flexibility index (Phi) is 7.91. The number of non-ortho nitro benzene ring substituents is 1. The highest BCUT2D eigenvalue weighted by Gasteiger charge is 2.31. The minimum atomic E-state index is -0.676. The number of nitrogens with one attached hydrogen (secondary N) is 2. The van der Waals surface area contributed by atoms with Crippen molar-refractivity contribution in [1.29, 1.82) is 0 Å². The summed E-state index contributed by atoms with van der Waals surface area (Å²) in [4.78, 5) is 48.9. The van der Waals surface area contributed by atoms with E-state index >= 15 is 0 Å². The van der Waals surface area contributed by atoms with Crippen LogP contribution in [0.5, 0.6) is 0 Å². The molecule has 1 aliphatic rings. The van der Waals surface area contributed by atoms with Crippen LogP contribution in [0.15, 0.2) is 53.4 Å². The summed E-state index contributed by atoms with van der Waals surface area (Å²) in [6, 6.07) is 12.9. The van der Waals surface area contributed by atoms with Crippen LogP contribution in [0.2, 0.25) is 0 Å². The highest BCUT2D eigenvalue weighted by molar-refractivity contribution is 8.26. The van der Waals surface area contributed by atoms with Crippen molar-refractivity contribution in [2.24, 2.45) is 0 Å². The zero-order chi connectivity index (χ0) is 24.0. The van der Waals surface area contributed by atoms with Gasteiger partial charge in [0.15, 0.2) is 0 Å². The number of hydrazine groups is 1. The number of thiocarbonyl (C=S) groups is 1. The summed E-state index contributed by atoms with van der Waals surface area (Å²) in [7, 11) is 0. The van der Waals surface area contributed by atoms with Gasteiger partial charge in [0.05, 0.1) is 9.83 Å². The van der Waals surface area contributed by atoms with Crippen LogP contribution in [0.1, 0.15) is 34.3 Å². The monoisotopic (exact) mass is 484 g/mol. The number of hydrogen-bond donors (Lipinski definition) is 2. The van der Waals surface area contributed by atoms with Crippen LogP contribution >= 0.6 is 24.0 Å². The van der Waals surface area contributed by atoms with E-state index in [-0.39, 0.29) is 30.1 Å². The standard InChI is InChI=1S/C22H20N4O5S2/c1-14-7-9-15(10-8-14)12-18-21(29)25(22(32)33-18)11-3-6-19(27)23-24-20(28)16-4-2-5-17(13-16)26(30)31/h2,4-5,7-10,12-13H,3,6,11H2,1H3,(H,23,27)(H,24,28)/b18-12+. The fourth-order valence-electron chi connectivity index (χ4n) is 2.93. The molecule has 0 atom stereocenters. The van der Waals surface area contributed by atoms with Gasteiger partial charge in [0.1, 0.15) is 4.32 Å². The lowest BCUT2D eigenvalue weighted by molar-refractivity contribution is -0.384. The molecule has 2 aromatic rings. The number of amides is 3. The summed E-state index contributed by atoms with van der Waals surface area (Å²) in [5.41, 5.74) is 6.32. The average molecular weight is 485 g/mol. The van der Waals surface area contributed by atoms with Gasteiger partial charge < -0.3 is 0 Å². The lowest BCUT2D eigenvalue weighted by Gasteiger charge is -2.14. The SMILES string of the molecule is Cc1ccc(/C=C2/SC(=S)N(CCCC(=O)NNC(=O)c3cccc([N+](=O)[O-])c3)C2=O)cc1. The van der Waals surface area contributed by atoms with Gasteiger partial charge in [-0.05, 0) is 31.1 Å². The summed E-state index contributed by atoms with van der Waals surface area (Å²) < 4.78 is 0.428. The van der Waals surface area contributed by atoms with E-state index in [1.54, 1.807) is 6.08 Å². The van der Waals surface area contributed by atoms with Crippen molar-refractivity contribution in [3.05, 3.63) is 80.2 Å². The molecule has 11 heteroatoms. The third kappa shape index (κ3) is 6.46. The Hall–Kier alpha value is -3.57. The number of nitro benzene ring substituents is 1. The molecule has 2 aromatic carbocycles. The number of nitrogens with zero attached hydrogens (tertiary/aromatic N) is 2. The highest BCUT2D eigenvalue weighted by Crippen LogP contribution is 2.32. The van der Waals surface area contributed by atoms with E-state index in [0.717, 1.165) is 17.2 Å². The quantitative estimate of drug-likeness (QED) is 0.267. The molecular formula is C22H20N4O5S2. The van der Waals surface area contributed by atoms with Crippen LogP contribution in [0.25, 0.3) is 6.08 Å². The van der Waals surface area contributed by atoms with Gasteiger partial charge in [-0.2, -0.15) is 0 Å². The predicted molar refractivity (Wildman–Crippen MR) is 129 cm³/mol. The van der Waals surface area contributed by atoms with Gasteiger partial charge >= 0.3 is 0 Å².